The molecule has 2 heterocycles. The van der Waals surface area contributed by atoms with Gasteiger partial charge in [0.2, 0.25) is 0 Å². The molecule has 3 rings (SSSR count). The number of ether oxygens (including phenoxy) is 1. The van der Waals surface area contributed by atoms with Gasteiger partial charge in [-0.05, 0) is 29.9 Å². The SMILES string of the molecule is CC(C)(C)c1ccc2c(Cl)c(C(=O)NC[C@@H]3CCCO3)sc2c1. The Balaban J connectivity index is 1.82. The molecular formula is C18H22ClNO2S. The molecule has 23 heavy (non-hydrogen) atoms. The van der Waals surface area contributed by atoms with Crippen molar-refractivity contribution in [2.45, 2.75) is 45.1 Å². The number of carbonyl (C=O) groups is 1. The summed E-state index contributed by atoms with van der Waals surface area (Å²) in [7, 11) is 0. The van der Waals surface area contributed by atoms with Gasteiger partial charge in [-0.15, -0.1) is 11.3 Å². The van der Waals surface area contributed by atoms with Gasteiger partial charge in [-0.3, -0.25) is 4.79 Å². The molecule has 1 aliphatic heterocycles. The highest BCUT2D eigenvalue weighted by molar-refractivity contribution is 7.21. The molecule has 1 atom stereocenters. The van der Waals surface area contributed by atoms with Gasteiger partial charge in [0.25, 0.3) is 5.91 Å². The summed E-state index contributed by atoms with van der Waals surface area (Å²) in [5, 5.41) is 4.45. The predicted molar refractivity (Wildman–Crippen MR) is 96.8 cm³/mol. The van der Waals surface area contributed by atoms with E-state index in [4.69, 9.17) is 16.3 Å². The summed E-state index contributed by atoms with van der Waals surface area (Å²) >= 11 is 7.89. The average molecular weight is 352 g/mol. The number of rotatable bonds is 3. The lowest BCUT2D eigenvalue weighted by atomic mass is 9.87. The van der Waals surface area contributed by atoms with Crippen molar-refractivity contribution in [3.8, 4) is 0 Å². The Morgan fingerprint density at radius 1 is 1.43 bits per heavy atom. The molecular weight excluding hydrogens is 330 g/mol. The van der Waals surface area contributed by atoms with E-state index in [9.17, 15) is 4.79 Å². The standard InChI is InChI=1S/C18H22ClNO2S/c1-18(2,3)11-6-7-13-14(9-11)23-16(15(13)19)17(21)20-10-12-5-4-8-22-12/h6-7,9,12H,4-5,8,10H2,1-3H3,(H,20,21)/t12-/m0/s1. The third-order valence-corrected chi connectivity index (χ3v) is 5.87. The normalized spacial score (nSPS) is 18.5. The first-order valence-electron chi connectivity index (χ1n) is 7.98. The number of benzene rings is 1. The van der Waals surface area contributed by atoms with E-state index >= 15 is 0 Å². The van der Waals surface area contributed by atoms with E-state index in [1.54, 1.807) is 0 Å². The Bertz CT molecular complexity index is 726. The molecule has 3 nitrogen and oxygen atoms in total. The van der Waals surface area contributed by atoms with Crippen LogP contribution in [-0.4, -0.2) is 25.2 Å². The van der Waals surface area contributed by atoms with Crippen LogP contribution in [0.2, 0.25) is 5.02 Å². The van der Waals surface area contributed by atoms with Crippen LogP contribution in [0.1, 0.15) is 48.8 Å². The molecule has 1 N–H and O–H groups in total. The first-order valence-corrected chi connectivity index (χ1v) is 9.18. The van der Waals surface area contributed by atoms with E-state index in [1.165, 1.54) is 16.9 Å². The van der Waals surface area contributed by atoms with Crippen molar-refractivity contribution in [3.63, 3.8) is 0 Å². The van der Waals surface area contributed by atoms with Crippen LogP contribution in [0.15, 0.2) is 18.2 Å². The number of fused-ring (bicyclic) bond motifs is 1. The topological polar surface area (TPSA) is 38.3 Å². The van der Waals surface area contributed by atoms with Crippen LogP contribution >= 0.6 is 22.9 Å². The molecule has 1 saturated heterocycles. The third kappa shape index (κ3) is 3.54. The first-order chi connectivity index (χ1) is 10.9. The maximum atomic E-state index is 12.4. The Labute approximate surface area is 146 Å². The largest absolute Gasteiger partial charge is 0.376 e. The molecule has 0 spiro atoms. The van der Waals surface area contributed by atoms with Crippen LogP contribution in [0.5, 0.6) is 0 Å². The third-order valence-electron chi connectivity index (χ3n) is 4.22. The smallest absolute Gasteiger partial charge is 0.263 e. The Morgan fingerprint density at radius 3 is 2.87 bits per heavy atom. The predicted octanol–water partition coefficient (Wildman–Crippen LogP) is 4.76. The van der Waals surface area contributed by atoms with Crippen LogP contribution in [0.25, 0.3) is 10.1 Å². The molecule has 1 amide bonds. The number of hydrogen-bond acceptors (Lipinski definition) is 3. The molecule has 1 aromatic carbocycles. The number of carbonyl (C=O) groups excluding carboxylic acids is 1. The van der Waals surface area contributed by atoms with E-state index in [2.05, 4.69) is 38.2 Å². The summed E-state index contributed by atoms with van der Waals surface area (Å²) in [6, 6.07) is 6.25. The summed E-state index contributed by atoms with van der Waals surface area (Å²) in [5.41, 5.74) is 1.32. The average Bonchev–Trinajstić information content (AvgIpc) is 3.12. The van der Waals surface area contributed by atoms with Gasteiger partial charge in [0.15, 0.2) is 0 Å². The minimum Gasteiger partial charge on any atom is -0.376 e. The van der Waals surface area contributed by atoms with Gasteiger partial charge in [-0.2, -0.15) is 0 Å². The minimum atomic E-state index is -0.107. The van der Waals surface area contributed by atoms with Crippen molar-refractivity contribution in [1.29, 1.82) is 0 Å². The Kier molecular flexibility index (Phi) is 4.68. The highest BCUT2D eigenvalue weighted by atomic mass is 35.5. The molecule has 1 aliphatic rings. The van der Waals surface area contributed by atoms with Crippen LogP contribution in [-0.2, 0) is 10.2 Å². The van der Waals surface area contributed by atoms with Gasteiger partial charge in [-0.25, -0.2) is 0 Å². The number of hydrogen-bond donors (Lipinski definition) is 1. The van der Waals surface area contributed by atoms with Gasteiger partial charge < -0.3 is 10.1 Å². The molecule has 2 aromatic rings. The van der Waals surface area contributed by atoms with Crippen molar-refractivity contribution >= 4 is 38.9 Å². The van der Waals surface area contributed by atoms with Crippen molar-refractivity contribution < 1.29 is 9.53 Å². The summed E-state index contributed by atoms with van der Waals surface area (Å²) in [6.45, 7) is 7.88. The number of nitrogens with one attached hydrogen (secondary N) is 1. The second-order valence-electron chi connectivity index (χ2n) is 7.05. The van der Waals surface area contributed by atoms with Crippen molar-refractivity contribution in [1.82, 2.24) is 5.32 Å². The molecule has 0 saturated carbocycles. The number of halogens is 1. The molecule has 5 heteroatoms. The zero-order chi connectivity index (χ0) is 16.6. The van der Waals surface area contributed by atoms with Gasteiger partial charge in [0, 0.05) is 23.2 Å². The fraction of sp³-hybridized carbons (Fsp3) is 0.500. The van der Waals surface area contributed by atoms with E-state index in [0.717, 1.165) is 29.5 Å². The summed E-state index contributed by atoms with van der Waals surface area (Å²) in [6.07, 6.45) is 2.22. The highest BCUT2D eigenvalue weighted by Gasteiger charge is 2.21. The van der Waals surface area contributed by atoms with Gasteiger partial charge in [-0.1, -0.05) is 44.5 Å². The lowest BCUT2D eigenvalue weighted by Crippen LogP contribution is -2.31. The minimum absolute atomic E-state index is 0.0763. The number of amides is 1. The van der Waals surface area contributed by atoms with Crippen molar-refractivity contribution in [2.75, 3.05) is 13.2 Å². The molecule has 0 unspecified atom stereocenters. The maximum absolute atomic E-state index is 12.4. The van der Waals surface area contributed by atoms with Gasteiger partial charge >= 0.3 is 0 Å². The zero-order valence-corrected chi connectivity index (χ0v) is 15.3. The van der Waals surface area contributed by atoms with Gasteiger partial charge in [0.1, 0.15) is 4.88 Å². The fourth-order valence-corrected chi connectivity index (χ4v) is 4.24. The van der Waals surface area contributed by atoms with Crippen molar-refractivity contribution in [2.24, 2.45) is 0 Å². The highest BCUT2D eigenvalue weighted by Crippen LogP contribution is 2.37. The van der Waals surface area contributed by atoms with E-state index < -0.39 is 0 Å². The lowest BCUT2D eigenvalue weighted by Gasteiger charge is -2.18. The zero-order valence-electron chi connectivity index (χ0n) is 13.7. The quantitative estimate of drug-likeness (QED) is 0.865. The summed E-state index contributed by atoms with van der Waals surface area (Å²) < 4.78 is 6.60. The monoisotopic (exact) mass is 351 g/mol. The van der Waals surface area contributed by atoms with Crippen LogP contribution in [0.4, 0.5) is 0 Å². The summed E-state index contributed by atoms with van der Waals surface area (Å²) in [4.78, 5) is 13.0. The van der Waals surface area contributed by atoms with Crippen LogP contribution < -0.4 is 5.32 Å². The second kappa shape index (κ2) is 6.42. The molecule has 1 fully saturated rings. The van der Waals surface area contributed by atoms with Crippen LogP contribution in [0.3, 0.4) is 0 Å². The number of thiophene rings is 1. The molecule has 0 radical (unpaired) electrons. The lowest BCUT2D eigenvalue weighted by molar-refractivity contribution is 0.0861. The molecule has 1 aromatic heterocycles. The first kappa shape index (κ1) is 16.7. The Hall–Kier alpha value is -1.10. The van der Waals surface area contributed by atoms with Gasteiger partial charge in [0.05, 0.1) is 11.1 Å². The van der Waals surface area contributed by atoms with E-state index in [1.807, 2.05) is 6.07 Å². The van der Waals surface area contributed by atoms with E-state index in [0.29, 0.717) is 16.4 Å². The van der Waals surface area contributed by atoms with E-state index in [-0.39, 0.29) is 17.4 Å². The summed E-state index contributed by atoms with van der Waals surface area (Å²) in [5.74, 6) is -0.107. The second-order valence-corrected chi connectivity index (χ2v) is 8.48. The van der Waals surface area contributed by atoms with Crippen molar-refractivity contribution in [3.05, 3.63) is 33.7 Å². The molecule has 0 aliphatic carbocycles. The molecule has 0 bridgehead atoms. The molecule has 124 valence electrons. The van der Waals surface area contributed by atoms with Crippen LogP contribution in [0, 0.1) is 0 Å². The fourth-order valence-electron chi connectivity index (χ4n) is 2.77. The Morgan fingerprint density at radius 2 is 2.22 bits per heavy atom. The maximum Gasteiger partial charge on any atom is 0.263 e.